The number of carbonyl (C=O) groups is 2. The third-order valence-electron chi connectivity index (χ3n) is 4.82. The van der Waals surface area contributed by atoms with Gasteiger partial charge in [-0.05, 0) is 44.4 Å². The molecule has 0 bridgehead atoms. The largest absolute Gasteiger partial charge is 0.376 e. The zero-order valence-electron chi connectivity index (χ0n) is 12.8. The fraction of sp³-hybridized carbons (Fsp3) is 0.875. The number of carbonyl (C=O) groups excluding carboxylic acids is 2. The highest BCUT2D eigenvalue weighted by Gasteiger charge is 2.48. The van der Waals surface area contributed by atoms with Crippen molar-refractivity contribution in [3.8, 4) is 0 Å². The van der Waals surface area contributed by atoms with Crippen molar-refractivity contribution in [3.05, 3.63) is 0 Å². The predicted octanol–water partition coefficient (Wildman–Crippen LogP) is 1.46. The van der Waals surface area contributed by atoms with Crippen LogP contribution in [0.1, 0.15) is 51.9 Å². The summed E-state index contributed by atoms with van der Waals surface area (Å²) in [6.07, 6.45) is 7.12. The molecule has 1 N–H and O–H groups in total. The van der Waals surface area contributed by atoms with Crippen LogP contribution >= 0.6 is 0 Å². The molecule has 3 atom stereocenters. The van der Waals surface area contributed by atoms with E-state index in [1.165, 1.54) is 0 Å². The second-order valence-electron chi connectivity index (χ2n) is 6.61. The molecule has 0 spiro atoms. The molecule has 5 heteroatoms. The number of hydrogen-bond donors (Lipinski definition) is 1. The van der Waals surface area contributed by atoms with Gasteiger partial charge in [0, 0.05) is 13.2 Å². The highest BCUT2D eigenvalue weighted by atomic mass is 16.5. The van der Waals surface area contributed by atoms with Crippen LogP contribution in [0.25, 0.3) is 0 Å². The molecule has 2 aliphatic heterocycles. The van der Waals surface area contributed by atoms with Crippen molar-refractivity contribution in [1.29, 1.82) is 0 Å². The lowest BCUT2D eigenvalue weighted by atomic mass is 9.99. The highest BCUT2D eigenvalue weighted by Crippen LogP contribution is 2.37. The lowest BCUT2D eigenvalue weighted by Gasteiger charge is -2.41. The van der Waals surface area contributed by atoms with E-state index in [9.17, 15) is 9.59 Å². The van der Waals surface area contributed by atoms with Crippen molar-refractivity contribution in [2.24, 2.45) is 5.92 Å². The SMILES string of the molecule is CCCC1NC(=O)C(C2CC2)N(CC2CCCCO2)C1=O. The molecule has 0 aromatic rings. The predicted molar refractivity (Wildman–Crippen MR) is 78.7 cm³/mol. The smallest absolute Gasteiger partial charge is 0.245 e. The fourth-order valence-corrected chi connectivity index (χ4v) is 3.54. The first-order chi connectivity index (χ1) is 10.2. The van der Waals surface area contributed by atoms with Gasteiger partial charge in [-0.25, -0.2) is 0 Å². The fourth-order valence-electron chi connectivity index (χ4n) is 3.54. The van der Waals surface area contributed by atoms with Gasteiger partial charge in [0.1, 0.15) is 12.1 Å². The van der Waals surface area contributed by atoms with Crippen LogP contribution in [0, 0.1) is 5.92 Å². The molecule has 3 aliphatic rings. The van der Waals surface area contributed by atoms with Gasteiger partial charge < -0.3 is 15.0 Å². The van der Waals surface area contributed by atoms with Gasteiger partial charge >= 0.3 is 0 Å². The molecule has 0 radical (unpaired) electrons. The van der Waals surface area contributed by atoms with E-state index < -0.39 is 0 Å². The van der Waals surface area contributed by atoms with Gasteiger partial charge in [-0.1, -0.05) is 13.3 Å². The highest BCUT2D eigenvalue weighted by molar-refractivity contribution is 5.97. The molecule has 3 unspecified atom stereocenters. The molecule has 21 heavy (non-hydrogen) atoms. The van der Waals surface area contributed by atoms with Crippen LogP contribution in [0.3, 0.4) is 0 Å². The van der Waals surface area contributed by atoms with Crippen molar-refractivity contribution in [2.45, 2.75) is 70.1 Å². The number of nitrogens with zero attached hydrogens (tertiary/aromatic N) is 1. The van der Waals surface area contributed by atoms with E-state index in [4.69, 9.17) is 4.74 Å². The zero-order chi connectivity index (χ0) is 14.8. The number of amides is 2. The Hall–Kier alpha value is -1.10. The molecule has 1 saturated carbocycles. The Morgan fingerprint density at radius 3 is 2.67 bits per heavy atom. The molecule has 5 nitrogen and oxygen atoms in total. The summed E-state index contributed by atoms with van der Waals surface area (Å²) in [6, 6.07) is -0.586. The summed E-state index contributed by atoms with van der Waals surface area (Å²) in [7, 11) is 0. The second kappa shape index (κ2) is 6.34. The summed E-state index contributed by atoms with van der Waals surface area (Å²) >= 11 is 0. The Morgan fingerprint density at radius 2 is 2.05 bits per heavy atom. The molecule has 3 fully saturated rings. The van der Waals surface area contributed by atoms with Crippen LogP contribution in [0.15, 0.2) is 0 Å². The Bertz CT molecular complexity index is 402. The van der Waals surface area contributed by atoms with Gasteiger partial charge in [0.05, 0.1) is 6.10 Å². The average molecular weight is 294 g/mol. The number of piperazine rings is 1. The van der Waals surface area contributed by atoms with Crippen molar-refractivity contribution in [3.63, 3.8) is 0 Å². The number of hydrogen-bond acceptors (Lipinski definition) is 3. The molecule has 3 rings (SSSR count). The van der Waals surface area contributed by atoms with Crippen molar-refractivity contribution in [2.75, 3.05) is 13.2 Å². The second-order valence-corrected chi connectivity index (χ2v) is 6.61. The maximum absolute atomic E-state index is 12.7. The number of ether oxygens (including phenoxy) is 1. The Labute approximate surface area is 126 Å². The maximum Gasteiger partial charge on any atom is 0.245 e. The molecule has 0 aromatic heterocycles. The molecule has 2 amide bonds. The number of nitrogens with one attached hydrogen (secondary N) is 1. The van der Waals surface area contributed by atoms with Gasteiger partial charge in [0.2, 0.25) is 11.8 Å². The summed E-state index contributed by atoms with van der Waals surface area (Å²) in [4.78, 5) is 27.0. The first kappa shape index (κ1) is 14.8. The Kier molecular flexibility index (Phi) is 4.48. The summed E-state index contributed by atoms with van der Waals surface area (Å²) in [5.41, 5.74) is 0. The van der Waals surface area contributed by atoms with Gasteiger partial charge in [-0.15, -0.1) is 0 Å². The van der Waals surface area contributed by atoms with Gasteiger partial charge in [0.15, 0.2) is 0 Å². The quantitative estimate of drug-likeness (QED) is 0.835. The first-order valence-electron chi connectivity index (χ1n) is 8.43. The van der Waals surface area contributed by atoms with Gasteiger partial charge in [0.25, 0.3) is 0 Å². The monoisotopic (exact) mass is 294 g/mol. The number of rotatable bonds is 5. The van der Waals surface area contributed by atoms with E-state index in [0.29, 0.717) is 12.5 Å². The Morgan fingerprint density at radius 1 is 1.24 bits per heavy atom. The van der Waals surface area contributed by atoms with E-state index in [2.05, 4.69) is 5.32 Å². The Balaban J connectivity index is 1.73. The molecule has 0 aromatic carbocycles. The summed E-state index contributed by atoms with van der Waals surface area (Å²) in [6.45, 7) is 3.42. The third kappa shape index (κ3) is 3.23. The zero-order valence-corrected chi connectivity index (χ0v) is 12.8. The van der Waals surface area contributed by atoms with Crippen LogP contribution in [-0.4, -0.2) is 48.1 Å². The molecule has 118 valence electrons. The average Bonchev–Trinajstić information content (AvgIpc) is 3.30. The van der Waals surface area contributed by atoms with Crippen LogP contribution < -0.4 is 5.32 Å². The van der Waals surface area contributed by atoms with E-state index in [1.807, 2.05) is 11.8 Å². The topological polar surface area (TPSA) is 58.6 Å². The van der Waals surface area contributed by atoms with E-state index in [0.717, 1.165) is 51.6 Å². The molecule has 1 aliphatic carbocycles. The van der Waals surface area contributed by atoms with Crippen molar-refractivity contribution in [1.82, 2.24) is 10.2 Å². The minimum absolute atomic E-state index is 0.0476. The maximum atomic E-state index is 12.7. The molecule has 2 heterocycles. The normalized spacial score (nSPS) is 34.0. The molecular formula is C16H26N2O3. The van der Waals surface area contributed by atoms with Crippen molar-refractivity contribution < 1.29 is 14.3 Å². The van der Waals surface area contributed by atoms with Crippen molar-refractivity contribution >= 4 is 11.8 Å². The summed E-state index contributed by atoms with van der Waals surface area (Å²) in [5.74, 6) is 0.508. The third-order valence-corrected chi connectivity index (χ3v) is 4.82. The summed E-state index contributed by atoms with van der Waals surface area (Å²) in [5, 5.41) is 2.93. The molecule has 2 saturated heterocycles. The molecular weight excluding hydrogens is 268 g/mol. The van der Waals surface area contributed by atoms with Crippen LogP contribution in [0.4, 0.5) is 0 Å². The lowest BCUT2D eigenvalue weighted by Crippen LogP contribution is -2.65. The van der Waals surface area contributed by atoms with Crippen LogP contribution in [0.5, 0.6) is 0 Å². The lowest BCUT2D eigenvalue weighted by molar-refractivity contribution is -0.153. The van der Waals surface area contributed by atoms with Gasteiger partial charge in [-0.3, -0.25) is 9.59 Å². The minimum atomic E-state index is -0.332. The van der Waals surface area contributed by atoms with E-state index in [1.54, 1.807) is 0 Å². The first-order valence-corrected chi connectivity index (χ1v) is 8.43. The van der Waals surface area contributed by atoms with Gasteiger partial charge in [-0.2, -0.15) is 0 Å². The van der Waals surface area contributed by atoms with E-state index >= 15 is 0 Å². The van der Waals surface area contributed by atoms with Crippen LogP contribution in [0.2, 0.25) is 0 Å². The van der Waals surface area contributed by atoms with Crippen LogP contribution in [-0.2, 0) is 14.3 Å². The summed E-state index contributed by atoms with van der Waals surface area (Å²) < 4.78 is 5.78. The standard InChI is InChI=1S/C16H26N2O3/c1-2-5-13-16(20)18(10-12-6-3-4-9-21-12)14(11-7-8-11)15(19)17-13/h11-14H,2-10H2,1H3,(H,17,19). The minimum Gasteiger partial charge on any atom is -0.376 e. The van der Waals surface area contributed by atoms with E-state index in [-0.39, 0.29) is 30.0 Å².